The lowest BCUT2D eigenvalue weighted by Crippen LogP contribution is -2.53. The SMILES string of the molecule is CC1(C)CNC(C)(C2CCCN2)O1. The maximum Gasteiger partial charge on any atom is 0.132 e. The van der Waals surface area contributed by atoms with E-state index >= 15 is 0 Å². The van der Waals surface area contributed by atoms with E-state index in [1.165, 1.54) is 12.8 Å². The highest BCUT2D eigenvalue weighted by molar-refractivity contribution is 4.98. The van der Waals surface area contributed by atoms with Gasteiger partial charge in [-0.05, 0) is 40.2 Å². The van der Waals surface area contributed by atoms with Crippen LogP contribution in [0, 0.1) is 0 Å². The number of hydrogen-bond acceptors (Lipinski definition) is 3. The molecular formula is C10H20N2O. The zero-order valence-corrected chi connectivity index (χ0v) is 8.81. The number of rotatable bonds is 1. The van der Waals surface area contributed by atoms with Crippen molar-refractivity contribution < 1.29 is 4.74 Å². The van der Waals surface area contributed by atoms with Crippen LogP contribution < -0.4 is 10.6 Å². The molecule has 0 aromatic rings. The molecule has 0 bridgehead atoms. The van der Waals surface area contributed by atoms with E-state index in [2.05, 4.69) is 31.4 Å². The Kier molecular flexibility index (Phi) is 2.13. The molecule has 2 unspecified atom stereocenters. The van der Waals surface area contributed by atoms with Gasteiger partial charge in [0.25, 0.3) is 0 Å². The van der Waals surface area contributed by atoms with Gasteiger partial charge in [0.2, 0.25) is 0 Å². The Bertz CT molecular complexity index is 199. The lowest BCUT2D eigenvalue weighted by atomic mass is 10.1. The van der Waals surface area contributed by atoms with E-state index in [4.69, 9.17) is 4.74 Å². The molecule has 2 rings (SSSR count). The maximum absolute atomic E-state index is 6.05. The molecule has 2 heterocycles. The molecule has 2 atom stereocenters. The molecular weight excluding hydrogens is 164 g/mol. The van der Waals surface area contributed by atoms with Crippen LogP contribution in [0.2, 0.25) is 0 Å². The molecule has 0 aromatic heterocycles. The van der Waals surface area contributed by atoms with Gasteiger partial charge >= 0.3 is 0 Å². The summed E-state index contributed by atoms with van der Waals surface area (Å²) in [5.41, 5.74) is -0.168. The van der Waals surface area contributed by atoms with Crippen molar-refractivity contribution in [3.05, 3.63) is 0 Å². The molecule has 2 N–H and O–H groups in total. The van der Waals surface area contributed by atoms with Gasteiger partial charge in [-0.15, -0.1) is 0 Å². The minimum atomic E-state index is -0.153. The fraction of sp³-hybridized carbons (Fsp3) is 1.00. The molecule has 2 aliphatic heterocycles. The maximum atomic E-state index is 6.05. The minimum Gasteiger partial charge on any atom is -0.352 e. The molecule has 0 aliphatic carbocycles. The smallest absolute Gasteiger partial charge is 0.132 e. The summed E-state index contributed by atoms with van der Waals surface area (Å²) in [7, 11) is 0. The van der Waals surface area contributed by atoms with Crippen LogP contribution in [0.5, 0.6) is 0 Å². The normalized spacial score (nSPS) is 44.1. The molecule has 0 saturated carbocycles. The first-order valence-electron chi connectivity index (χ1n) is 5.20. The molecule has 0 spiro atoms. The predicted octanol–water partition coefficient (Wildman–Crippen LogP) is 0.853. The second-order valence-corrected chi connectivity index (χ2v) is 4.97. The first-order chi connectivity index (χ1) is 6.02. The third kappa shape index (κ3) is 1.73. The Hall–Kier alpha value is -0.120. The van der Waals surface area contributed by atoms with Gasteiger partial charge in [-0.1, -0.05) is 0 Å². The van der Waals surface area contributed by atoms with E-state index in [1.54, 1.807) is 0 Å². The van der Waals surface area contributed by atoms with Gasteiger partial charge in [0.1, 0.15) is 5.72 Å². The highest BCUT2D eigenvalue weighted by Gasteiger charge is 2.46. The van der Waals surface area contributed by atoms with Crippen molar-refractivity contribution in [2.75, 3.05) is 13.1 Å². The zero-order chi connectivity index (χ0) is 9.53. The molecule has 2 aliphatic rings. The third-order valence-corrected chi connectivity index (χ3v) is 3.08. The number of hydrogen-bond donors (Lipinski definition) is 2. The molecule has 2 fully saturated rings. The van der Waals surface area contributed by atoms with Crippen LogP contribution in [0.25, 0.3) is 0 Å². The standard InChI is InChI=1S/C10H20N2O/c1-9(2)7-12-10(3,13-9)8-5-4-6-11-8/h8,11-12H,4-7H2,1-3H3. The van der Waals surface area contributed by atoms with Crippen molar-refractivity contribution in [3.8, 4) is 0 Å². The second-order valence-electron chi connectivity index (χ2n) is 4.97. The molecule has 13 heavy (non-hydrogen) atoms. The minimum absolute atomic E-state index is 0.0149. The highest BCUT2D eigenvalue weighted by atomic mass is 16.5. The Morgan fingerprint density at radius 3 is 2.54 bits per heavy atom. The van der Waals surface area contributed by atoms with E-state index in [-0.39, 0.29) is 11.3 Å². The fourth-order valence-electron chi connectivity index (χ4n) is 2.38. The van der Waals surface area contributed by atoms with Crippen LogP contribution in [0.15, 0.2) is 0 Å². The van der Waals surface area contributed by atoms with Gasteiger partial charge in [0.15, 0.2) is 0 Å². The average Bonchev–Trinajstić information content (AvgIpc) is 2.58. The Morgan fingerprint density at radius 1 is 1.31 bits per heavy atom. The van der Waals surface area contributed by atoms with Gasteiger partial charge in [0.05, 0.1) is 5.60 Å². The first-order valence-corrected chi connectivity index (χ1v) is 5.20. The topological polar surface area (TPSA) is 33.3 Å². The third-order valence-electron chi connectivity index (χ3n) is 3.08. The monoisotopic (exact) mass is 184 g/mol. The highest BCUT2D eigenvalue weighted by Crippen LogP contribution is 2.30. The van der Waals surface area contributed by atoms with Crippen molar-refractivity contribution in [3.63, 3.8) is 0 Å². The summed E-state index contributed by atoms with van der Waals surface area (Å²) in [6.45, 7) is 8.51. The quantitative estimate of drug-likeness (QED) is 0.634. The summed E-state index contributed by atoms with van der Waals surface area (Å²) < 4.78 is 6.05. The molecule has 3 heteroatoms. The summed E-state index contributed by atoms with van der Waals surface area (Å²) in [4.78, 5) is 0. The fourth-order valence-corrected chi connectivity index (χ4v) is 2.38. The van der Waals surface area contributed by atoms with Crippen LogP contribution in [0.3, 0.4) is 0 Å². The number of nitrogens with one attached hydrogen (secondary N) is 2. The Labute approximate surface area is 80.2 Å². The van der Waals surface area contributed by atoms with Crippen molar-refractivity contribution in [1.82, 2.24) is 10.6 Å². The van der Waals surface area contributed by atoms with Crippen molar-refractivity contribution >= 4 is 0 Å². The summed E-state index contributed by atoms with van der Waals surface area (Å²) in [6.07, 6.45) is 2.49. The van der Waals surface area contributed by atoms with E-state index in [0.717, 1.165) is 13.1 Å². The van der Waals surface area contributed by atoms with E-state index < -0.39 is 0 Å². The Morgan fingerprint density at radius 2 is 2.08 bits per heavy atom. The van der Waals surface area contributed by atoms with Crippen LogP contribution in [-0.4, -0.2) is 30.5 Å². The molecule has 0 aromatic carbocycles. The van der Waals surface area contributed by atoms with Crippen LogP contribution >= 0.6 is 0 Å². The summed E-state index contributed by atoms with van der Waals surface area (Å²) in [5.74, 6) is 0. The van der Waals surface area contributed by atoms with E-state index in [9.17, 15) is 0 Å². The van der Waals surface area contributed by atoms with Crippen LogP contribution in [0.4, 0.5) is 0 Å². The molecule has 0 radical (unpaired) electrons. The largest absolute Gasteiger partial charge is 0.352 e. The van der Waals surface area contributed by atoms with Gasteiger partial charge in [-0.25, -0.2) is 0 Å². The summed E-state index contributed by atoms with van der Waals surface area (Å²) in [5, 5.41) is 6.97. The second kappa shape index (κ2) is 2.94. The van der Waals surface area contributed by atoms with Crippen molar-refractivity contribution in [1.29, 1.82) is 0 Å². The molecule has 76 valence electrons. The van der Waals surface area contributed by atoms with E-state index in [1.807, 2.05) is 0 Å². The van der Waals surface area contributed by atoms with Crippen LogP contribution in [0.1, 0.15) is 33.6 Å². The average molecular weight is 184 g/mol. The van der Waals surface area contributed by atoms with Crippen LogP contribution in [-0.2, 0) is 4.74 Å². The van der Waals surface area contributed by atoms with Crippen molar-refractivity contribution in [2.45, 2.75) is 51.0 Å². The van der Waals surface area contributed by atoms with Gasteiger partial charge in [-0.2, -0.15) is 0 Å². The van der Waals surface area contributed by atoms with E-state index in [0.29, 0.717) is 6.04 Å². The number of ether oxygens (including phenoxy) is 1. The molecule has 3 nitrogen and oxygen atoms in total. The Balaban J connectivity index is 2.05. The predicted molar refractivity (Wildman–Crippen MR) is 52.6 cm³/mol. The zero-order valence-electron chi connectivity index (χ0n) is 8.81. The lowest BCUT2D eigenvalue weighted by molar-refractivity contribution is -0.0959. The molecule has 0 amide bonds. The summed E-state index contributed by atoms with van der Waals surface area (Å²) >= 11 is 0. The van der Waals surface area contributed by atoms with Gasteiger partial charge < -0.3 is 10.1 Å². The lowest BCUT2D eigenvalue weighted by Gasteiger charge is -2.32. The first kappa shape index (κ1) is 9.44. The van der Waals surface area contributed by atoms with Crippen molar-refractivity contribution in [2.24, 2.45) is 0 Å². The molecule has 2 saturated heterocycles. The van der Waals surface area contributed by atoms with Gasteiger partial charge in [0, 0.05) is 12.6 Å². The summed E-state index contributed by atoms with van der Waals surface area (Å²) in [6, 6.07) is 0.481. The van der Waals surface area contributed by atoms with Gasteiger partial charge in [-0.3, -0.25) is 5.32 Å².